The summed E-state index contributed by atoms with van der Waals surface area (Å²) in [5.74, 6) is -0.319. The minimum Gasteiger partial charge on any atom is -0.480 e. The molecule has 1 aromatic heterocycles. The second-order valence-corrected chi connectivity index (χ2v) is 8.05. The van der Waals surface area contributed by atoms with E-state index in [4.69, 9.17) is 0 Å². The molecule has 0 saturated heterocycles. The van der Waals surface area contributed by atoms with Crippen LogP contribution < -0.4 is 5.32 Å². The Balaban J connectivity index is 1.57. The molecule has 1 heterocycles. The van der Waals surface area contributed by atoms with Gasteiger partial charge in [-0.25, -0.2) is 4.79 Å². The minimum absolute atomic E-state index is 0.0816. The van der Waals surface area contributed by atoms with Crippen molar-refractivity contribution in [1.82, 2.24) is 9.88 Å². The lowest BCUT2D eigenvalue weighted by Crippen LogP contribution is -2.43. The number of carbonyl (C=O) groups excluding carboxylic acids is 1. The number of nitrogens with zero attached hydrogens (tertiary/aromatic N) is 1. The fraction of sp³-hybridized carbons (Fsp3) is 0.200. The fourth-order valence-electron chi connectivity index (χ4n) is 2.75. The summed E-state index contributed by atoms with van der Waals surface area (Å²) in [4.78, 5) is 23.8. The lowest BCUT2D eigenvalue weighted by Gasteiger charge is -2.15. The summed E-state index contributed by atoms with van der Waals surface area (Å²) in [6, 6.07) is 16.7. The van der Waals surface area contributed by atoms with E-state index in [1.165, 1.54) is 11.8 Å². The van der Waals surface area contributed by atoms with Gasteiger partial charge in [0, 0.05) is 33.1 Å². The zero-order valence-electron chi connectivity index (χ0n) is 14.5. The number of rotatable bonds is 8. The van der Waals surface area contributed by atoms with Crippen LogP contribution in [-0.2, 0) is 21.9 Å². The quantitative estimate of drug-likeness (QED) is 0.550. The predicted molar refractivity (Wildman–Crippen MR) is 112 cm³/mol. The summed E-state index contributed by atoms with van der Waals surface area (Å²) in [6.45, 7) is 0.0816. The van der Waals surface area contributed by atoms with Gasteiger partial charge in [0.2, 0.25) is 5.91 Å². The maximum atomic E-state index is 12.4. The number of benzene rings is 2. The minimum atomic E-state index is -1.02. The highest BCUT2D eigenvalue weighted by Crippen LogP contribution is 2.21. The number of carboxylic acids is 1. The van der Waals surface area contributed by atoms with Gasteiger partial charge in [0.05, 0.1) is 0 Å². The smallest absolute Gasteiger partial charge is 0.327 e. The van der Waals surface area contributed by atoms with Crippen LogP contribution in [0.1, 0.15) is 5.56 Å². The predicted octanol–water partition coefficient (Wildman–Crippen LogP) is 3.91. The molecule has 0 aliphatic carbocycles. The molecule has 0 radical (unpaired) electrons. The lowest BCUT2D eigenvalue weighted by molar-refractivity contribution is -0.141. The normalized spacial score (nSPS) is 12.0. The van der Waals surface area contributed by atoms with E-state index in [1.54, 1.807) is 0 Å². The summed E-state index contributed by atoms with van der Waals surface area (Å²) in [6.07, 6.45) is 1.83. The van der Waals surface area contributed by atoms with Crippen LogP contribution in [-0.4, -0.2) is 33.3 Å². The van der Waals surface area contributed by atoms with Crippen molar-refractivity contribution >= 4 is 50.5 Å². The number of aliphatic carboxylic acids is 1. The second kappa shape index (κ2) is 9.10. The Morgan fingerprint density at radius 3 is 2.67 bits per heavy atom. The molecule has 140 valence electrons. The highest BCUT2D eigenvalue weighted by molar-refractivity contribution is 9.10. The van der Waals surface area contributed by atoms with E-state index in [0.29, 0.717) is 11.5 Å². The van der Waals surface area contributed by atoms with Gasteiger partial charge in [0.1, 0.15) is 12.6 Å². The van der Waals surface area contributed by atoms with Crippen molar-refractivity contribution in [1.29, 1.82) is 0 Å². The van der Waals surface area contributed by atoms with Crippen LogP contribution >= 0.6 is 27.7 Å². The van der Waals surface area contributed by atoms with Gasteiger partial charge < -0.3 is 15.0 Å². The average Bonchev–Trinajstić information content (AvgIpc) is 3.03. The first-order valence-electron chi connectivity index (χ1n) is 8.41. The number of thioether (sulfide) groups is 1. The lowest BCUT2D eigenvalue weighted by atomic mass is 10.2. The van der Waals surface area contributed by atoms with Gasteiger partial charge in [-0.05, 0) is 29.8 Å². The summed E-state index contributed by atoms with van der Waals surface area (Å²) in [5, 5.41) is 13.1. The molecule has 0 bridgehead atoms. The van der Waals surface area contributed by atoms with Crippen LogP contribution in [0.15, 0.2) is 65.3 Å². The number of hydrogen-bond donors (Lipinski definition) is 2. The van der Waals surface area contributed by atoms with Gasteiger partial charge in [-0.2, -0.15) is 11.8 Å². The van der Waals surface area contributed by atoms with Crippen molar-refractivity contribution in [3.8, 4) is 0 Å². The van der Waals surface area contributed by atoms with Crippen molar-refractivity contribution in [3.05, 3.63) is 70.8 Å². The van der Waals surface area contributed by atoms with Gasteiger partial charge >= 0.3 is 5.97 Å². The number of hydrogen-bond acceptors (Lipinski definition) is 3. The van der Waals surface area contributed by atoms with Gasteiger partial charge in [0.25, 0.3) is 0 Å². The SMILES string of the molecule is O=C(Cn1ccc2cc(Br)ccc21)N[C@H](CSCc1ccccc1)C(=O)O. The second-order valence-electron chi connectivity index (χ2n) is 6.11. The molecule has 7 heteroatoms. The molecule has 27 heavy (non-hydrogen) atoms. The Labute approximate surface area is 169 Å². The maximum Gasteiger partial charge on any atom is 0.327 e. The molecule has 5 nitrogen and oxygen atoms in total. The van der Waals surface area contributed by atoms with E-state index in [-0.39, 0.29) is 12.5 Å². The van der Waals surface area contributed by atoms with Crippen molar-refractivity contribution in [2.75, 3.05) is 5.75 Å². The van der Waals surface area contributed by atoms with Gasteiger partial charge in [0.15, 0.2) is 0 Å². The molecule has 0 unspecified atom stereocenters. The monoisotopic (exact) mass is 446 g/mol. The van der Waals surface area contributed by atoms with Gasteiger partial charge in [-0.15, -0.1) is 0 Å². The summed E-state index contributed by atoms with van der Waals surface area (Å²) < 4.78 is 2.78. The third-order valence-corrected chi connectivity index (χ3v) is 5.68. The molecule has 0 spiro atoms. The number of fused-ring (bicyclic) bond motifs is 1. The van der Waals surface area contributed by atoms with Crippen LogP contribution in [0, 0.1) is 0 Å². The van der Waals surface area contributed by atoms with E-state index in [1.807, 2.05) is 65.4 Å². The Bertz CT molecular complexity index is 943. The van der Waals surface area contributed by atoms with E-state index in [9.17, 15) is 14.7 Å². The van der Waals surface area contributed by atoms with Crippen LogP contribution in [0.2, 0.25) is 0 Å². The van der Waals surface area contributed by atoms with Gasteiger partial charge in [-0.1, -0.05) is 46.3 Å². The number of carbonyl (C=O) groups is 2. The first-order valence-corrected chi connectivity index (χ1v) is 10.4. The van der Waals surface area contributed by atoms with Crippen molar-refractivity contribution in [2.24, 2.45) is 0 Å². The van der Waals surface area contributed by atoms with Crippen molar-refractivity contribution in [3.63, 3.8) is 0 Å². The van der Waals surface area contributed by atoms with Crippen LogP contribution in [0.25, 0.3) is 10.9 Å². The summed E-state index contributed by atoms with van der Waals surface area (Å²) in [7, 11) is 0. The first kappa shape index (κ1) is 19.5. The maximum absolute atomic E-state index is 12.4. The van der Waals surface area contributed by atoms with E-state index >= 15 is 0 Å². The first-order chi connectivity index (χ1) is 13.0. The van der Waals surface area contributed by atoms with E-state index < -0.39 is 12.0 Å². The van der Waals surface area contributed by atoms with Crippen LogP contribution in [0.3, 0.4) is 0 Å². The van der Waals surface area contributed by atoms with Crippen LogP contribution in [0.4, 0.5) is 0 Å². The molecule has 1 amide bonds. The van der Waals surface area contributed by atoms with Crippen LogP contribution in [0.5, 0.6) is 0 Å². The molecule has 1 atom stereocenters. The third-order valence-electron chi connectivity index (χ3n) is 4.08. The highest BCUT2D eigenvalue weighted by atomic mass is 79.9. The summed E-state index contributed by atoms with van der Waals surface area (Å²) in [5.41, 5.74) is 2.06. The highest BCUT2D eigenvalue weighted by Gasteiger charge is 2.20. The Morgan fingerprint density at radius 2 is 1.93 bits per heavy atom. The topological polar surface area (TPSA) is 71.3 Å². The average molecular weight is 447 g/mol. The molecule has 3 aromatic rings. The van der Waals surface area contributed by atoms with E-state index in [0.717, 1.165) is 20.9 Å². The molecule has 2 N–H and O–H groups in total. The molecule has 0 saturated carbocycles. The number of carboxylic acid groups (broad SMARTS) is 1. The summed E-state index contributed by atoms with van der Waals surface area (Å²) >= 11 is 4.92. The molecule has 2 aromatic carbocycles. The van der Waals surface area contributed by atoms with Crippen molar-refractivity contribution in [2.45, 2.75) is 18.3 Å². The molecule has 0 aliphatic rings. The van der Waals surface area contributed by atoms with Crippen molar-refractivity contribution < 1.29 is 14.7 Å². The molecular weight excluding hydrogens is 428 g/mol. The molecule has 3 rings (SSSR count). The third kappa shape index (κ3) is 5.37. The van der Waals surface area contributed by atoms with E-state index in [2.05, 4.69) is 21.2 Å². The molecular formula is C20H19BrN2O3S. The molecule has 0 fully saturated rings. The number of amides is 1. The molecule has 0 aliphatic heterocycles. The number of nitrogens with one attached hydrogen (secondary N) is 1. The number of halogens is 1. The zero-order chi connectivity index (χ0) is 19.2. The Hall–Kier alpha value is -2.25. The zero-order valence-corrected chi connectivity index (χ0v) is 16.9. The fourth-order valence-corrected chi connectivity index (χ4v) is 4.13. The van der Waals surface area contributed by atoms with Gasteiger partial charge in [-0.3, -0.25) is 4.79 Å². The number of aromatic nitrogens is 1. The Morgan fingerprint density at radius 1 is 1.15 bits per heavy atom. The largest absolute Gasteiger partial charge is 0.480 e. The standard InChI is InChI=1S/C20H19BrN2O3S/c21-16-6-7-18-15(10-16)8-9-23(18)11-19(24)22-17(20(25)26)13-27-12-14-4-2-1-3-5-14/h1-10,17H,11-13H2,(H,22,24)(H,25,26)/t17-/m1/s1. The Kier molecular flexibility index (Phi) is 6.58.